The fraction of sp³-hybridized carbons (Fsp3) is 0. The first kappa shape index (κ1) is 8.74. The lowest BCUT2D eigenvalue weighted by atomic mass is 10.2. The maximum absolute atomic E-state index is 13.1. The van der Waals surface area contributed by atoms with Crippen molar-refractivity contribution in [1.82, 2.24) is 10.1 Å². The molecule has 1 aromatic carbocycles. The molecule has 0 aliphatic heterocycles. The largest absolute Gasteiger partial charge is 0.342 e. The molecule has 72 valence electrons. The highest BCUT2D eigenvalue weighted by molar-refractivity contribution is 5.55. The lowest BCUT2D eigenvalue weighted by Crippen LogP contribution is -1.95. The van der Waals surface area contributed by atoms with E-state index in [1.165, 1.54) is 0 Å². The zero-order valence-corrected chi connectivity index (χ0v) is 6.67. The van der Waals surface area contributed by atoms with Crippen molar-refractivity contribution in [3.05, 3.63) is 36.0 Å². The molecule has 0 saturated heterocycles. The number of aromatic nitrogens is 2. The van der Waals surface area contributed by atoms with Gasteiger partial charge in [-0.2, -0.15) is 4.98 Å². The third kappa shape index (κ3) is 1.24. The van der Waals surface area contributed by atoms with Crippen LogP contribution in [0.25, 0.3) is 11.4 Å². The second kappa shape index (κ2) is 3.13. The van der Waals surface area contributed by atoms with Gasteiger partial charge in [0, 0.05) is 0 Å². The molecule has 0 aliphatic rings. The Kier molecular flexibility index (Phi) is 1.95. The summed E-state index contributed by atoms with van der Waals surface area (Å²) in [6.07, 6.45) is 0.902. The van der Waals surface area contributed by atoms with Gasteiger partial charge in [-0.25, -0.2) is 13.2 Å². The van der Waals surface area contributed by atoms with Crippen LogP contribution in [0.5, 0.6) is 0 Å². The molecule has 3 nitrogen and oxygen atoms in total. The van der Waals surface area contributed by atoms with Crippen molar-refractivity contribution in [2.45, 2.75) is 0 Å². The number of hydrogen-bond donors (Lipinski definition) is 0. The molecular formula is C8H3F3N2O. The van der Waals surface area contributed by atoms with Gasteiger partial charge in [-0.1, -0.05) is 5.16 Å². The van der Waals surface area contributed by atoms with Crippen LogP contribution in [0.4, 0.5) is 13.2 Å². The third-order valence-electron chi connectivity index (χ3n) is 1.63. The Morgan fingerprint density at radius 1 is 1.07 bits per heavy atom. The van der Waals surface area contributed by atoms with Gasteiger partial charge in [0.05, 0.1) is 5.56 Å². The van der Waals surface area contributed by atoms with E-state index in [0.717, 1.165) is 12.5 Å². The molecule has 0 amide bonds. The first-order valence-electron chi connectivity index (χ1n) is 3.60. The van der Waals surface area contributed by atoms with Crippen molar-refractivity contribution in [2.75, 3.05) is 0 Å². The van der Waals surface area contributed by atoms with E-state index in [1.807, 2.05) is 0 Å². The summed E-state index contributed by atoms with van der Waals surface area (Å²) in [6.45, 7) is 0. The molecule has 0 saturated carbocycles. The van der Waals surface area contributed by atoms with Crippen LogP contribution in [-0.2, 0) is 0 Å². The van der Waals surface area contributed by atoms with E-state index in [4.69, 9.17) is 0 Å². The summed E-state index contributed by atoms with van der Waals surface area (Å²) in [5.74, 6) is -3.75. The lowest BCUT2D eigenvalue weighted by molar-refractivity contribution is 0.417. The van der Waals surface area contributed by atoms with Gasteiger partial charge in [0.25, 0.3) is 0 Å². The van der Waals surface area contributed by atoms with Gasteiger partial charge in [-0.3, -0.25) is 0 Å². The van der Waals surface area contributed by atoms with Gasteiger partial charge >= 0.3 is 0 Å². The fourth-order valence-electron chi connectivity index (χ4n) is 1.01. The SMILES string of the molecule is Fc1ccc(F)c(-c2ncon2)c1F. The van der Waals surface area contributed by atoms with Gasteiger partial charge in [0.1, 0.15) is 5.82 Å². The molecule has 0 N–H and O–H groups in total. The number of rotatable bonds is 1. The molecule has 6 heteroatoms. The van der Waals surface area contributed by atoms with Crippen molar-refractivity contribution in [3.8, 4) is 11.4 Å². The van der Waals surface area contributed by atoms with E-state index >= 15 is 0 Å². The van der Waals surface area contributed by atoms with Gasteiger partial charge in [-0.15, -0.1) is 0 Å². The average Bonchev–Trinajstić information content (AvgIpc) is 2.65. The predicted molar refractivity (Wildman–Crippen MR) is 39.6 cm³/mol. The summed E-state index contributed by atoms with van der Waals surface area (Å²) >= 11 is 0. The molecule has 0 fully saturated rings. The van der Waals surface area contributed by atoms with Crippen LogP contribution in [0.3, 0.4) is 0 Å². The van der Waals surface area contributed by atoms with Crippen LogP contribution in [0.1, 0.15) is 0 Å². The van der Waals surface area contributed by atoms with E-state index in [-0.39, 0.29) is 5.82 Å². The topological polar surface area (TPSA) is 38.9 Å². The molecule has 0 bridgehead atoms. The second-order valence-corrected chi connectivity index (χ2v) is 2.47. The van der Waals surface area contributed by atoms with Crippen LogP contribution in [0.2, 0.25) is 0 Å². The van der Waals surface area contributed by atoms with E-state index in [2.05, 4.69) is 14.7 Å². The first-order chi connectivity index (χ1) is 6.70. The number of nitrogens with zero attached hydrogens (tertiary/aromatic N) is 2. The maximum atomic E-state index is 13.1. The minimum absolute atomic E-state index is 0.320. The highest BCUT2D eigenvalue weighted by atomic mass is 19.2. The number of benzene rings is 1. The zero-order valence-electron chi connectivity index (χ0n) is 6.67. The molecule has 0 aliphatic carbocycles. The van der Waals surface area contributed by atoms with E-state index in [9.17, 15) is 13.2 Å². The summed E-state index contributed by atoms with van der Waals surface area (Å²) in [5.41, 5.74) is -0.626. The second-order valence-electron chi connectivity index (χ2n) is 2.47. The monoisotopic (exact) mass is 200 g/mol. The number of halogens is 3. The van der Waals surface area contributed by atoms with E-state index in [0.29, 0.717) is 6.07 Å². The van der Waals surface area contributed by atoms with Crippen LogP contribution >= 0.6 is 0 Å². The first-order valence-corrected chi connectivity index (χ1v) is 3.60. The lowest BCUT2D eigenvalue weighted by Gasteiger charge is -1.99. The minimum Gasteiger partial charge on any atom is -0.342 e. The highest BCUT2D eigenvalue weighted by Crippen LogP contribution is 2.24. The van der Waals surface area contributed by atoms with E-state index in [1.54, 1.807) is 0 Å². The molecule has 2 rings (SSSR count). The summed E-state index contributed by atoms with van der Waals surface area (Å²) in [6, 6.07) is 1.48. The van der Waals surface area contributed by atoms with Crippen molar-refractivity contribution in [3.63, 3.8) is 0 Å². The van der Waals surface area contributed by atoms with Crippen molar-refractivity contribution in [2.24, 2.45) is 0 Å². The molecule has 14 heavy (non-hydrogen) atoms. The zero-order chi connectivity index (χ0) is 10.1. The molecule has 2 aromatic rings. The molecule has 0 unspecified atom stereocenters. The van der Waals surface area contributed by atoms with Gasteiger partial charge < -0.3 is 4.52 Å². The Labute approximate surface area is 76.2 Å². The average molecular weight is 200 g/mol. The Morgan fingerprint density at radius 2 is 1.79 bits per heavy atom. The number of hydrogen-bond acceptors (Lipinski definition) is 3. The summed E-state index contributed by atoms with van der Waals surface area (Å²) in [4.78, 5) is 3.42. The normalized spacial score (nSPS) is 10.5. The summed E-state index contributed by atoms with van der Waals surface area (Å²) in [5, 5.41) is 3.22. The highest BCUT2D eigenvalue weighted by Gasteiger charge is 2.18. The van der Waals surface area contributed by atoms with Gasteiger partial charge in [0.15, 0.2) is 11.6 Å². The van der Waals surface area contributed by atoms with E-state index < -0.39 is 23.0 Å². The maximum Gasteiger partial charge on any atom is 0.214 e. The molecule has 0 atom stereocenters. The van der Waals surface area contributed by atoms with Crippen molar-refractivity contribution < 1.29 is 17.7 Å². The van der Waals surface area contributed by atoms with Crippen molar-refractivity contribution in [1.29, 1.82) is 0 Å². The van der Waals surface area contributed by atoms with Crippen LogP contribution in [-0.4, -0.2) is 10.1 Å². The summed E-state index contributed by atoms with van der Waals surface area (Å²) in [7, 11) is 0. The van der Waals surface area contributed by atoms with Gasteiger partial charge in [0.2, 0.25) is 12.2 Å². The van der Waals surface area contributed by atoms with Crippen LogP contribution < -0.4 is 0 Å². The third-order valence-corrected chi connectivity index (χ3v) is 1.63. The smallest absolute Gasteiger partial charge is 0.214 e. The van der Waals surface area contributed by atoms with Crippen LogP contribution in [0.15, 0.2) is 23.0 Å². The fourth-order valence-corrected chi connectivity index (χ4v) is 1.01. The minimum atomic E-state index is -1.33. The molecule has 0 radical (unpaired) electrons. The molecule has 1 aromatic heterocycles. The molecular weight excluding hydrogens is 197 g/mol. The Hall–Kier alpha value is -1.85. The molecule has 1 heterocycles. The Bertz CT molecular complexity index is 456. The summed E-state index contributed by atoms with van der Waals surface area (Å²) < 4.78 is 43.2. The van der Waals surface area contributed by atoms with Crippen molar-refractivity contribution >= 4 is 0 Å². The Morgan fingerprint density at radius 3 is 2.43 bits per heavy atom. The Balaban J connectivity index is 2.69. The molecule has 0 spiro atoms. The van der Waals surface area contributed by atoms with Gasteiger partial charge in [-0.05, 0) is 12.1 Å². The standard InChI is InChI=1S/C8H3F3N2O/c9-4-1-2-5(10)7(11)6(4)8-12-3-14-13-8/h1-3H. The predicted octanol–water partition coefficient (Wildman–Crippen LogP) is 2.15. The van der Waals surface area contributed by atoms with Crippen LogP contribution in [0, 0.1) is 17.5 Å². The quantitative estimate of drug-likeness (QED) is 0.662.